The van der Waals surface area contributed by atoms with Crippen molar-refractivity contribution in [2.75, 3.05) is 5.32 Å². The van der Waals surface area contributed by atoms with E-state index in [0.717, 1.165) is 0 Å². The monoisotopic (exact) mass is 533 g/mol. The summed E-state index contributed by atoms with van der Waals surface area (Å²) in [5, 5.41) is 16.3. The molecule has 0 radical (unpaired) electrons. The second-order valence-corrected chi connectivity index (χ2v) is 7.78. The van der Waals surface area contributed by atoms with E-state index in [1.165, 1.54) is 30.5 Å². The van der Waals surface area contributed by atoms with E-state index < -0.39 is 11.7 Å². The van der Waals surface area contributed by atoms with Gasteiger partial charge in [-0.15, -0.1) is 0 Å². The molecule has 0 saturated carbocycles. The summed E-state index contributed by atoms with van der Waals surface area (Å²) in [5.74, 6) is -1.17. The van der Waals surface area contributed by atoms with Gasteiger partial charge < -0.3 is 10.4 Å². The quantitative estimate of drug-likeness (QED) is 0.315. The number of hydrazone groups is 1. The van der Waals surface area contributed by atoms with Crippen LogP contribution in [0.2, 0.25) is 0 Å². The van der Waals surface area contributed by atoms with E-state index in [0.29, 0.717) is 31.3 Å². The third-order valence-electron chi connectivity index (χ3n) is 3.93. The lowest BCUT2D eigenvalue weighted by molar-refractivity contribution is 0.0954. The second kappa shape index (κ2) is 9.64. The topological polar surface area (TPSA) is 90.8 Å². The number of phenols is 1. The van der Waals surface area contributed by atoms with Crippen molar-refractivity contribution in [2.45, 2.75) is 0 Å². The zero-order chi connectivity index (χ0) is 21.7. The summed E-state index contributed by atoms with van der Waals surface area (Å²) >= 11 is 6.44. The van der Waals surface area contributed by atoms with Crippen LogP contribution in [-0.4, -0.2) is 23.1 Å². The smallest absolute Gasteiger partial charge is 0.271 e. The lowest BCUT2D eigenvalue weighted by atomic mass is 10.1. The van der Waals surface area contributed by atoms with Crippen molar-refractivity contribution in [1.82, 2.24) is 5.43 Å². The number of benzene rings is 3. The number of rotatable bonds is 5. The zero-order valence-corrected chi connectivity index (χ0v) is 18.4. The molecule has 0 unspecified atom stereocenters. The van der Waals surface area contributed by atoms with E-state index in [4.69, 9.17) is 0 Å². The Morgan fingerprint density at radius 1 is 0.900 bits per heavy atom. The molecular weight excluding hydrogens is 521 g/mol. The number of amides is 2. The normalized spacial score (nSPS) is 10.8. The highest BCUT2D eigenvalue weighted by Crippen LogP contribution is 2.32. The maximum atomic E-state index is 12.9. The van der Waals surface area contributed by atoms with Gasteiger partial charge in [0.15, 0.2) is 0 Å². The lowest BCUT2D eigenvalue weighted by Crippen LogP contribution is -2.18. The summed E-state index contributed by atoms with van der Waals surface area (Å²) in [6.45, 7) is 0. The van der Waals surface area contributed by atoms with Gasteiger partial charge in [-0.1, -0.05) is 0 Å². The summed E-state index contributed by atoms with van der Waals surface area (Å²) in [4.78, 5) is 24.3. The molecule has 0 aliphatic rings. The molecule has 0 atom stereocenters. The number of aromatic hydroxyl groups is 1. The van der Waals surface area contributed by atoms with Gasteiger partial charge in [-0.3, -0.25) is 9.59 Å². The van der Waals surface area contributed by atoms with Gasteiger partial charge in [-0.2, -0.15) is 5.10 Å². The maximum absolute atomic E-state index is 12.9. The second-order valence-electron chi connectivity index (χ2n) is 6.07. The van der Waals surface area contributed by atoms with E-state index >= 15 is 0 Å². The van der Waals surface area contributed by atoms with Gasteiger partial charge in [0.25, 0.3) is 11.8 Å². The molecule has 30 heavy (non-hydrogen) atoms. The van der Waals surface area contributed by atoms with Crippen LogP contribution >= 0.6 is 31.9 Å². The van der Waals surface area contributed by atoms with Crippen molar-refractivity contribution in [2.24, 2.45) is 5.10 Å². The van der Waals surface area contributed by atoms with Crippen molar-refractivity contribution in [3.8, 4) is 5.75 Å². The number of carbonyl (C=O) groups excluding carboxylic acids is 2. The van der Waals surface area contributed by atoms with Crippen LogP contribution in [0.5, 0.6) is 5.75 Å². The summed E-state index contributed by atoms with van der Waals surface area (Å²) in [7, 11) is 0. The lowest BCUT2D eigenvalue weighted by Gasteiger charge is -2.06. The van der Waals surface area contributed by atoms with E-state index in [1.807, 2.05) is 0 Å². The minimum absolute atomic E-state index is 0.0720. The highest BCUT2D eigenvalue weighted by atomic mass is 79.9. The van der Waals surface area contributed by atoms with Crippen LogP contribution < -0.4 is 10.7 Å². The first-order chi connectivity index (χ1) is 14.3. The number of hydrogen-bond donors (Lipinski definition) is 3. The third-order valence-corrected chi connectivity index (χ3v) is 5.14. The fourth-order valence-electron chi connectivity index (χ4n) is 2.40. The largest absolute Gasteiger partial charge is 0.506 e. The Morgan fingerprint density at radius 2 is 1.43 bits per heavy atom. The van der Waals surface area contributed by atoms with Crippen LogP contribution in [0, 0.1) is 5.82 Å². The average molecular weight is 535 g/mol. The molecule has 2 amide bonds. The van der Waals surface area contributed by atoms with Gasteiger partial charge in [0.1, 0.15) is 11.6 Å². The first kappa shape index (κ1) is 21.7. The van der Waals surface area contributed by atoms with Gasteiger partial charge >= 0.3 is 0 Å². The number of nitrogens with one attached hydrogen (secondary N) is 2. The van der Waals surface area contributed by atoms with E-state index in [1.54, 1.807) is 36.4 Å². The summed E-state index contributed by atoms with van der Waals surface area (Å²) in [5.41, 5.74) is 4.22. The molecule has 0 spiro atoms. The number of nitrogens with zero attached hydrogens (tertiary/aromatic N) is 1. The molecule has 0 fully saturated rings. The molecule has 0 aliphatic heterocycles. The molecule has 0 aromatic heterocycles. The predicted molar refractivity (Wildman–Crippen MR) is 119 cm³/mol. The molecule has 9 heteroatoms. The molecule has 152 valence electrons. The van der Waals surface area contributed by atoms with E-state index in [9.17, 15) is 19.1 Å². The molecule has 3 aromatic carbocycles. The maximum Gasteiger partial charge on any atom is 0.271 e. The molecule has 3 aromatic rings. The van der Waals surface area contributed by atoms with Crippen molar-refractivity contribution in [3.05, 3.63) is 92.1 Å². The van der Waals surface area contributed by atoms with E-state index in [2.05, 4.69) is 47.7 Å². The molecule has 6 nitrogen and oxygen atoms in total. The van der Waals surface area contributed by atoms with Crippen molar-refractivity contribution < 1.29 is 19.1 Å². The Hall–Kier alpha value is -3.04. The Labute approximate surface area is 188 Å². The Balaban J connectivity index is 1.59. The standard InChI is InChI=1S/C21H14Br2FN3O3/c22-17-9-12(10-18(23)19(17)28)11-25-27-21(30)14-3-7-16(8-4-14)26-20(29)13-1-5-15(24)6-2-13/h1-11,28H,(H,26,29)(H,27,30)/b25-11-. The highest BCUT2D eigenvalue weighted by molar-refractivity contribution is 9.11. The number of anilines is 1. The van der Waals surface area contributed by atoms with Gasteiger partial charge in [0.05, 0.1) is 15.2 Å². The fourth-order valence-corrected chi connectivity index (χ4v) is 3.62. The van der Waals surface area contributed by atoms with Crippen LogP contribution in [0.3, 0.4) is 0 Å². The van der Waals surface area contributed by atoms with Crippen molar-refractivity contribution >= 4 is 55.6 Å². The molecule has 0 bridgehead atoms. The highest BCUT2D eigenvalue weighted by Gasteiger charge is 2.09. The Bertz CT molecular complexity index is 1090. The van der Waals surface area contributed by atoms with E-state index in [-0.39, 0.29) is 11.7 Å². The molecule has 3 N–H and O–H groups in total. The molecular formula is C21H14Br2FN3O3. The Morgan fingerprint density at radius 3 is 2.03 bits per heavy atom. The predicted octanol–water partition coefficient (Wildman–Crippen LogP) is 5.07. The SMILES string of the molecule is O=C(N/N=C\c1cc(Br)c(O)c(Br)c1)c1ccc(NC(=O)c2ccc(F)cc2)cc1. The summed E-state index contributed by atoms with van der Waals surface area (Å²) < 4.78 is 13.9. The number of phenolic OH excluding ortho intramolecular Hbond substituents is 1. The van der Waals surface area contributed by atoms with Crippen LogP contribution in [0.15, 0.2) is 74.7 Å². The number of carbonyl (C=O) groups is 2. The molecule has 0 heterocycles. The average Bonchev–Trinajstić information content (AvgIpc) is 2.73. The first-order valence-corrected chi connectivity index (χ1v) is 10.1. The molecule has 3 rings (SSSR count). The number of hydrogen-bond acceptors (Lipinski definition) is 4. The van der Waals surface area contributed by atoms with Crippen LogP contribution in [-0.2, 0) is 0 Å². The van der Waals surface area contributed by atoms with Crippen LogP contribution in [0.25, 0.3) is 0 Å². The number of halogens is 3. The first-order valence-electron chi connectivity index (χ1n) is 8.52. The fraction of sp³-hybridized carbons (Fsp3) is 0. The van der Waals surface area contributed by atoms with Crippen molar-refractivity contribution in [3.63, 3.8) is 0 Å². The zero-order valence-electron chi connectivity index (χ0n) is 15.2. The van der Waals surface area contributed by atoms with Crippen LogP contribution in [0.1, 0.15) is 26.3 Å². The Kier molecular flexibility index (Phi) is 6.96. The summed E-state index contributed by atoms with van der Waals surface area (Å²) in [6.07, 6.45) is 1.43. The van der Waals surface area contributed by atoms with Gasteiger partial charge in [-0.05, 0) is 98.1 Å². The van der Waals surface area contributed by atoms with Gasteiger partial charge in [0, 0.05) is 16.8 Å². The minimum Gasteiger partial charge on any atom is -0.506 e. The van der Waals surface area contributed by atoms with Crippen molar-refractivity contribution in [1.29, 1.82) is 0 Å². The van der Waals surface area contributed by atoms with Gasteiger partial charge in [-0.25, -0.2) is 9.82 Å². The van der Waals surface area contributed by atoms with Crippen LogP contribution in [0.4, 0.5) is 10.1 Å². The summed E-state index contributed by atoms with van der Waals surface area (Å²) in [6, 6.07) is 14.7. The van der Waals surface area contributed by atoms with Gasteiger partial charge in [0.2, 0.25) is 0 Å². The molecule has 0 saturated heterocycles. The third kappa shape index (κ3) is 5.52. The molecule has 0 aliphatic carbocycles. The minimum atomic E-state index is -0.431.